The number of imide groups is 1. The molecule has 3 nitrogen and oxygen atoms in total. The molecule has 1 heterocycles. The number of carbonyl (C=O) groups excluding carboxylic acids is 2. The first-order valence-corrected chi connectivity index (χ1v) is 3.93. The van der Waals surface area contributed by atoms with Crippen LogP contribution in [0.5, 0.6) is 0 Å². The fourth-order valence-corrected chi connectivity index (χ4v) is 1.58. The average Bonchev–Trinajstić information content (AvgIpc) is 1.98. The molecule has 60 valence electrons. The van der Waals surface area contributed by atoms with Gasteiger partial charge in [0.15, 0.2) is 0 Å². The third-order valence-electron chi connectivity index (χ3n) is 1.34. The smallest absolute Gasteiger partial charge is 0 e. The zero-order valence-electron chi connectivity index (χ0n) is 5.26. The average molecular weight is 437 g/mol. The van der Waals surface area contributed by atoms with Crippen molar-refractivity contribution in [1.82, 2.24) is 4.90 Å². The Balaban J connectivity index is 0.000000810. The number of rotatable bonds is 0. The summed E-state index contributed by atoms with van der Waals surface area (Å²) in [7, 11) is 1.52. The Bertz CT molecular complexity index is 173. The minimum atomic E-state index is -0.0849. The molecular weight excluding hydrogens is 431 g/mol. The van der Waals surface area contributed by atoms with E-state index >= 15 is 0 Å². The van der Waals surface area contributed by atoms with Gasteiger partial charge in [0.25, 0.3) is 0 Å². The molecule has 10 heavy (non-hydrogen) atoms. The molecule has 1 atom stereocenters. The predicted molar refractivity (Wildman–Crippen MR) is 31.9 cm³/mol. The summed E-state index contributed by atoms with van der Waals surface area (Å²) in [6.45, 7) is 0. The Hall–Kier alpha value is 0.670. The molecule has 2 amide bonds. The van der Waals surface area contributed by atoms with Crippen LogP contribution in [0.25, 0.3) is 0 Å². The minimum absolute atomic E-state index is 0. The molecule has 0 saturated carbocycles. The van der Waals surface area contributed by atoms with Crippen molar-refractivity contribution in [2.45, 2.75) is 10.4 Å². The van der Waals surface area contributed by atoms with Gasteiger partial charge in [-0.15, -0.1) is 0 Å². The summed E-state index contributed by atoms with van der Waals surface area (Å²) < 4.78 is -0.0849. The van der Waals surface area contributed by atoms with E-state index in [0.717, 1.165) is 0 Å². The first kappa shape index (κ1) is 10.7. The van der Waals surface area contributed by atoms with E-state index in [0.29, 0.717) is 6.42 Å². The molecule has 0 aromatic rings. The van der Waals surface area contributed by atoms with Crippen molar-refractivity contribution in [2.24, 2.45) is 0 Å². The number of hydrogen-bond donors (Lipinski definition) is 0. The minimum Gasteiger partial charge on any atom is 0 e. The summed E-state index contributed by atoms with van der Waals surface area (Å²) in [5, 5.41) is 0. The van der Waals surface area contributed by atoms with E-state index in [1.54, 1.807) is 22.3 Å². The zero-order chi connectivity index (χ0) is 7.02. The summed E-state index contributed by atoms with van der Waals surface area (Å²) in [6.07, 6.45) is 0.389. The van der Waals surface area contributed by atoms with Crippen LogP contribution in [-0.4, -0.2) is 46.1 Å². The first-order chi connectivity index (χ1) is 4.13. The van der Waals surface area contributed by atoms with Crippen LogP contribution in [0.1, 0.15) is 6.42 Å². The molecule has 0 N–H and O–H groups in total. The second-order valence-corrected chi connectivity index (χ2v) is 3.61. The Morgan fingerprint density at radius 2 is 2.10 bits per heavy atom. The number of amides is 2. The maximum Gasteiger partial charge on any atom is 0 e. The van der Waals surface area contributed by atoms with Crippen molar-refractivity contribution in [3.05, 3.63) is 0 Å². The van der Waals surface area contributed by atoms with Crippen molar-refractivity contribution in [3.8, 4) is 0 Å². The Morgan fingerprint density at radius 1 is 1.60 bits per heavy atom. The summed E-state index contributed by atoms with van der Waals surface area (Å²) in [5.74, 6) is -0.111. The van der Waals surface area contributed by atoms with Gasteiger partial charge in [-0.3, -0.25) is 0 Å². The van der Waals surface area contributed by atoms with Crippen molar-refractivity contribution < 1.29 is 32.0 Å². The zero-order valence-corrected chi connectivity index (χ0v) is 9.75. The van der Waals surface area contributed by atoms with Gasteiger partial charge in [-0.05, 0) is 0 Å². The number of likely N-dealkylation sites (tertiary alicyclic amines) is 1. The van der Waals surface area contributed by atoms with Gasteiger partial charge in [0.1, 0.15) is 0 Å². The number of carbonyl (C=O) groups is 2. The summed E-state index contributed by atoms with van der Waals surface area (Å²) in [6, 6.07) is 0. The quantitative estimate of drug-likeness (QED) is 0.373. The molecule has 0 aliphatic carbocycles. The van der Waals surface area contributed by atoms with E-state index in [9.17, 15) is 9.59 Å². The molecule has 0 spiro atoms. The van der Waals surface area contributed by atoms with E-state index in [1.165, 1.54) is 11.9 Å². The largest absolute Gasteiger partial charge is 0 e. The maximum atomic E-state index is 10.8. The predicted octanol–water partition coefficient (Wildman–Crippen LogP) is -0.670. The maximum absolute atomic E-state index is 10.8. The molecule has 0 aromatic heterocycles. The molecule has 1 saturated heterocycles. The summed E-state index contributed by atoms with van der Waals surface area (Å²) in [4.78, 5) is 22.7. The number of nitrogens with zero attached hydrogens (tertiary/aromatic N) is 1. The fraction of sp³-hybridized carbons (Fsp3) is 0.600. The normalized spacial score (nSPS) is 25.0. The van der Waals surface area contributed by atoms with Gasteiger partial charge in [0, 0.05) is 22.4 Å². The van der Waals surface area contributed by atoms with E-state index in [1.807, 2.05) is 0 Å². The third-order valence-corrected chi connectivity index (χ3v) is 2.39. The summed E-state index contributed by atoms with van der Waals surface area (Å²) in [5.41, 5.74) is 0. The van der Waals surface area contributed by atoms with Crippen LogP contribution in [0.4, 0.5) is 0 Å². The third kappa shape index (κ3) is 1.84. The van der Waals surface area contributed by atoms with Crippen LogP contribution in [-0.2, 0) is 32.0 Å². The Labute approximate surface area is 87.9 Å². The molecule has 1 unspecified atom stereocenters. The topological polar surface area (TPSA) is 37.4 Å². The van der Waals surface area contributed by atoms with Crippen LogP contribution in [0.15, 0.2) is 0 Å². The Kier molecular flexibility index (Phi) is 4.15. The molecule has 1 aliphatic heterocycles. The van der Waals surface area contributed by atoms with Crippen LogP contribution < -0.4 is 0 Å². The second kappa shape index (κ2) is 3.89. The van der Waals surface area contributed by atoms with Crippen molar-refractivity contribution >= 4 is 34.1 Å². The molecule has 0 aromatic carbocycles. The second-order valence-electron chi connectivity index (χ2n) is 1.98. The van der Waals surface area contributed by atoms with Gasteiger partial charge in [0.2, 0.25) is 0 Å². The standard InChI is InChI=1S/C5H6NO2Te.Au/c1-6-4(7)2-3(9)5(6)8;/h3H,2H2,1H3;. The van der Waals surface area contributed by atoms with E-state index in [2.05, 4.69) is 0 Å². The van der Waals surface area contributed by atoms with Gasteiger partial charge >= 0.3 is 66.0 Å². The molecule has 5 heteroatoms. The van der Waals surface area contributed by atoms with E-state index in [4.69, 9.17) is 0 Å². The molecule has 0 bridgehead atoms. The molecule has 1 fully saturated rings. The van der Waals surface area contributed by atoms with E-state index in [-0.39, 0.29) is 38.2 Å². The van der Waals surface area contributed by atoms with Crippen LogP contribution >= 0.6 is 0 Å². The van der Waals surface area contributed by atoms with Gasteiger partial charge in [-0.2, -0.15) is 0 Å². The van der Waals surface area contributed by atoms with Gasteiger partial charge in [-0.25, -0.2) is 0 Å². The SMILES string of the molecule is CN1C(=O)CC([Te])C1=O.[Au]. The molecule has 1 rings (SSSR count). The van der Waals surface area contributed by atoms with Gasteiger partial charge in [-0.1, -0.05) is 0 Å². The van der Waals surface area contributed by atoms with Crippen molar-refractivity contribution in [2.75, 3.05) is 7.05 Å². The van der Waals surface area contributed by atoms with Crippen LogP contribution in [0.3, 0.4) is 0 Å². The number of hydrogen-bond acceptors (Lipinski definition) is 2. The first-order valence-electron chi connectivity index (χ1n) is 2.59. The van der Waals surface area contributed by atoms with Crippen molar-refractivity contribution in [3.63, 3.8) is 0 Å². The Morgan fingerprint density at radius 3 is 2.20 bits per heavy atom. The van der Waals surface area contributed by atoms with Crippen molar-refractivity contribution in [1.29, 1.82) is 0 Å². The van der Waals surface area contributed by atoms with Gasteiger partial charge in [0.05, 0.1) is 0 Å². The summed E-state index contributed by atoms with van der Waals surface area (Å²) >= 11 is 1.70. The molecular formula is C5H6AuNO2Te. The fourth-order valence-electron chi connectivity index (χ4n) is 0.722. The molecule has 2 radical (unpaired) electrons. The molecule has 1 aliphatic rings. The van der Waals surface area contributed by atoms with Crippen LogP contribution in [0.2, 0.25) is 3.97 Å². The van der Waals surface area contributed by atoms with E-state index < -0.39 is 0 Å². The van der Waals surface area contributed by atoms with Crippen LogP contribution in [0, 0.1) is 0 Å². The monoisotopic (exact) mass is 439 g/mol. The van der Waals surface area contributed by atoms with Gasteiger partial charge < -0.3 is 0 Å².